The summed E-state index contributed by atoms with van der Waals surface area (Å²) in [5.41, 5.74) is 2.97. The number of hydrogen-bond acceptors (Lipinski definition) is 3. The fourth-order valence-corrected chi connectivity index (χ4v) is 2.95. The summed E-state index contributed by atoms with van der Waals surface area (Å²) in [6, 6.07) is 0.0799. The van der Waals surface area contributed by atoms with E-state index >= 15 is 0 Å². The number of aryl methyl sites for hydroxylation is 2. The zero-order valence-electron chi connectivity index (χ0n) is 13.3. The van der Waals surface area contributed by atoms with Crippen LogP contribution in [-0.2, 0) is 23.1 Å². The Hall–Kier alpha value is -1.85. The van der Waals surface area contributed by atoms with E-state index in [9.17, 15) is 9.59 Å². The molecule has 0 radical (unpaired) electrons. The number of carbonyl (C=O) groups is 2. The van der Waals surface area contributed by atoms with Crippen molar-refractivity contribution in [1.82, 2.24) is 20.0 Å². The van der Waals surface area contributed by atoms with Crippen molar-refractivity contribution in [2.24, 2.45) is 7.05 Å². The van der Waals surface area contributed by atoms with Gasteiger partial charge >= 0.3 is 0 Å². The molecule has 116 valence electrons. The minimum atomic E-state index is -0.0340. The van der Waals surface area contributed by atoms with E-state index < -0.39 is 0 Å². The number of likely N-dealkylation sites (tertiary alicyclic amines) is 1. The molecule has 2 rings (SSSR count). The third-order valence-corrected chi connectivity index (χ3v) is 4.17. The largest absolute Gasteiger partial charge is 0.352 e. The van der Waals surface area contributed by atoms with Gasteiger partial charge in [0.15, 0.2) is 0 Å². The van der Waals surface area contributed by atoms with Crippen molar-refractivity contribution >= 4 is 11.8 Å². The van der Waals surface area contributed by atoms with Crippen LogP contribution in [0.3, 0.4) is 0 Å². The molecule has 1 fully saturated rings. The first-order valence-electron chi connectivity index (χ1n) is 7.42. The highest BCUT2D eigenvalue weighted by Gasteiger charge is 2.25. The third kappa shape index (κ3) is 3.62. The van der Waals surface area contributed by atoms with Crippen LogP contribution in [-0.4, -0.2) is 45.6 Å². The highest BCUT2D eigenvalue weighted by atomic mass is 16.2. The predicted molar refractivity (Wildman–Crippen MR) is 79.8 cm³/mol. The highest BCUT2D eigenvalue weighted by molar-refractivity contribution is 5.79. The van der Waals surface area contributed by atoms with Crippen LogP contribution < -0.4 is 5.32 Å². The van der Waals surface area contributed by atoms with Crippen LogP contribution in [0.5, 0.6) is 0 Å². The molecule has 21 heavy (non-hydrogen) atoms. The summed E-state index contributed by atoms with van der Waals surface area (Å²) in [5.74, 6) is 0.0810. The molecule has 2 heterocycles. The highest BCUT2D eigenvalue weighted by Crippen LogP contribution is 2.16. The SMILES string of the molecule is CC(=O)N[C@H]1CCCN(C(=O)Cc2c(C)nn(C)c2C)C1. The number of nitrogens with one attached hydrogen (secondary N) is 1. The molecular weight excluding hydrogens is 268 g/mol. The topological polar surface area (TPSA) is 67.2 Å². The van der Waals surface area contributed by atoms with Gasteiger partial charge in [0.1, 0.15) is 0 Å². The third-order valence-electron chi connectivity index (χ3n) is 4.17. The van der Waals surface area contributed by atoms with Crippen molar-refractivity contribution in [2.45, 2.75) is 46.1 Å². The maximum absolute atomic E-state index is 12.5. The van der Waals surface area contributed by atoms with Gasteiger partial charge in [0.25, 0.3) is 0 Å². The second-order valence-electron chi connectivity index (χ2n) is 5.83. The molecule has 6 heteroatoms. The Bertz CT molecular complexity index is 550. The van der Waals surface area contributed by atoms with Crippen molar-refractivity contribution < 1.29 is 9.59 Å². The van der Waals surface area contributed by atoms with Gasteiger partial charge in [-0.3, -0.25) is 14.3 Å². The van der Waals surface area contributed by atoms with E-state index in [2.05, 4.69) is 10.4 Å². The standard InChI is InChI=1S/C15H24N4O2/c1-10-14(11(2)18(4)17-10)8-15(21)19-7-5-6-13(9-19)16-12(3)20/h13H,5-9H2,1-4H3,(H,16,20)/t13-/m0/s1. The van der Waals surface area contributed by atoms with E-state index in [1.165, 1.54) is 6.92 Å². The van der Waals surface area contributed by atoms with Gasteiger partial charge in [0.05, 0.1) is 12.1 Å². The Kier molecular flexibility index (Phi) is 4.65. The van der Waals surface area contributed by atoms with Crippen LogP contribution in [0.15, 0.2) is 0 Å². The first kappa shape index (κ1) is 15.5. The second kappa shape index (κ2) is 6.28. The molecule has 1 atom stereocenters. The Labute approximate surface area is 125 Å². The lowest BCUT2D eigenvalue weighted by Crippen LogP contribution is -2.49. The summed E-state index contributed by atoms with van der Waals surface area (Å²) in [7, 11) is 1.89. The number of aromatic nitrogens is 2. The molecule has 1 aromatic rings. The first-order chi connectivity index (χ1) is 9.88. The molecule has 6 nitrogen and oxygen atoms in total. The van der Waals surface area contributed by atoms with Crippen molar-refractivity contribution in [1.29, 1.82) is 0 Å². The molecule has 2 amide bonds. The smallest absolute Gasteiger partial charge is 0.227 e. The van der Waals surface area contributed by atoms with Crippen LogP contribution in [0.2, 0.25) is 0 Å². The van der Waals surface area contributed by atoms with Crippen LogP contribution >= 0.6 is 0 Å². The monoisotopic (exact) mass is 292 g/mol. The van der Waals surface area contributed by atoms with E-state index in [1.807, 2.05) is 30.5 Å². The van der Waals surface area contributed by atoms with Crippen molar-refractivity contribution in [3.8, 4) is 0 Å². The van der Waals surface area contributed by atoms with Crippen molar-refractivity contribution in [3.05, 3.63) is 17.0 Å². The molecular formula is C15H24N4O2. The zero-order valence-corrected chi connectivity index (χ0v) is 13.3. The number of nitrogens with zero attached hydrogens (tertiary/aromatic N) is 3. The van der Waals surface area contributed by atoms with Gasteiger partial charge in [0, 0.05) is 44.4 Å². The van der Waals surface area contributed by atoms with E-state index in [0.29, 0.717) is 13.0 Å². The van der Waals surface area contributed by atoms with E-state index in [-0.39, 0.29) is 17.9 Å². The Morgan fingerprint density at radius 2 is 2.10 bits per heavy atom. The van der Waals surface area contributed by atoms with Gasteiger partial charge in [-0.1, -0.05) is 0 Å². The maximum atomic E-state index is 12.5. The van der Waals surface area contributed by atoms with Gasteiger partial charge in [-0.2, -0.15) is 5.10 Å². The lowest BCUT2D eigenvalue weighted by Gasteiger charge is -2.33. The molecule has 0 aromatic carbocycles. The average molecular weight is 292 g/mol. The van der Waals surface area contributed by atoms with E-state index in [0.717, 1.165) is 36.3 Å². The van der Waals surface area contributed by atoms with Crippen LogP contribution in [0.4, 0.5) is 0 Å². The fraction of sp³-hybridized carbons (Fsp3) is 0.667. The van der Waals surface area contributed by atoms with Crippen molar-refractivity contribution in [2.75, 3.05) is 13.1 Å². The molecule has 1 saturated heterocycles. The summed E-state index contributed by atoms with van der Waals surface area (Å²) in [6.45, 7) is 6.82. The summed E-state index contributed by atoms with van der Waals surface area (Å²) in [6.07, 6.45) is 2.26. The van der Waals surface area contributed by atoms with Gasteiger partial charge in [-0.05, 0) is 26.7 Å². The second-order valence-corrected chi connectivity index (χ2v) is 5.83. The molecule has 0 aliphatic carbocycles. The van der Waals surface area contributed by atoms with Crippen molar-refractivity contribution in [3.63, 3.8) is 0 Å². The number of amides is 2. The molecule has 0 bridgehead atoms. The van der Waals surface area contributed by atoms with E-state index in [1.54, 1.807) is 0 Å². The molecule has 1 aromatic heterocycles. The Morgan fingerprint density at radius 3 is 2.67 bits per heavy atom. The minimum Gasteiger partial charge on any atom is -0.352 e. The van der Waals surface area contributed by atoms with Crippen LogP contribution in [0, 0.1) is 13.8 Å². The quantitative estimate of drug-likeness (QED) is 0.892. The first-order valence-corrected chi connectivity index (χ1v) is 7.42. The Balaban J connectivity index is 2.01. The fourth-order valence-electron chi connectivity index (χ4n) is 2.95. The lowest BCUT2D eigenvalue weighted by atomic mass is 10.0. The summed E-state index contributed by atoms with van der Waals surface area (Å²) >= 11 is 0. The number of carbonyl (C=O) groups excluding carboxylic acids is 2. The van der Waals surface area contributed by atoms with Crippen LogP contribution in [0.1, 0.15) is 36.7 Å². The van der Waals surface area contributed by atoms with Gasteiger partial charge < -0.3 is 10.2 Å². The van der Waals surface area contributed by atoms with Gasteiger partial charge in [-0.15, -0.1) is 0 Å². The maximum Gasteiger partial charge on any atom is 0.227 e. The average Bonchev–Trinajstić information content (AvgIpc) is 2.65. The molecule has 0 unspecified atom stereocenters. The van der Waals surface area contributed by atoms with E-state index in [4.69, 9.17) is 0 Å². The minimum absolute atomic E-state index is 0.0340. The van der Waals surface area contributed by atoms with Gasteiger partial charge in [0.2, 0.25) is 11.8 Å². The molecule has 0 saturated carbocycles. The molecule has 0 spiro atoms. The number of rotatable bonds is 3. The molecule has 1 N–H and O–H groups in total. The van der Waals surface area contributed by atoms with Crippen LogP contribution in [0.25, 0.3) is 0 Å². The number of hydrogen-bond donors (Lipinski definition) is 1. The summed E-state index contributed by atoms with van der Waals surface area (Å²) < 4.78 is 1.81. The predicted octanol–water partition coefficient (Wildman–Crippen LogP) is 0.707. The Morgan fingerprint density at radius 1 is 1.38 bits per heavy atom. The summed E-state index contributed by atoms with van der Waals surface area (Å²) in [5, 5.41) is 7.26. The van der Waals surface area contributed by atoms with Gasteiger partial charge in [-0.25, -0.2) is 0 Å². The number of piperidine rings is 1. The molecule has 1 aliphatic heterocycles. The summed E-state index contributed by atoms with van der Waals surface area (Å²) in [4.78, 5) is 25.5. The lowest BCUT2D eigenvalue weighted by molar-refractivity contribution is -0.132. The zero-order chi connectivity index (χ0) is 15.6. The molecule has 1 aliphatic rings. The normalized spacial score (nSPS) is 18.7.